The second-order valence-corrected chi connectivity index (χ2v) is 8.96. The minimum atomic E-state index is -3.66. The van der Waals surface area contributed by atoms with E-state index in [9.17, 15) is 13.2 Å². The molecule has 0 aromatic heterocycles. The molecule has 1 aliphatic heterocycles. The number of hydrogen-bond donors (Lipinski definition) is 2. The molecule has 136 valence electrons. The van der Waals surface area contributed by atoms with Crippen molar-refractivity contribution in [3.05, 3.63) is 53.6 Å². The van der Waals surface area contributed by atoms with Crippen molar-refractivity contribution in [3.8, 4) is 0 Å². The predicted molar refractivity (Wildman–Crippen MR) is 102 cm³/mol. The Morgan fingerprint density at radius 1 is 1.04 bits per heavy atom. The highest BCUT2D eigenvalue weighted by atomic mass is 32.2. The third-order valence-corrected chi connectivity index (χ3v) is 6.86. The van der Waals surface area contributed by atoms with Gasteiger partial charge in [-0.15, -0.1) is 0 Å². The van der Waals surface area contributed by atoms with Gasteiger partial charge in [-0.1, -0.05) is 31.4 Å². The van der Waals surface area contributed by atoms with Crippen LogP contribution in [0.15, 0.2) is 47.4 Å². The van der Waals surface area contributed by atoms with Gasteiger partial charge in [0.15, 0.2) is 0 Å². The molecule has 4 rings (SSSR count). The lowest BCUT2D eigenvalue weighted by Gasteiger charge is -2.31. The Kier molecular flexibility index (Phi) is 4.03. The van der Waals surface area contributed by atoms with Crippen molar-refractivity contribution in [2.45, 2.75) is 49.3 Å². The van der Waals surface area contributed by atoms with E-state index in [-0.39, 0.29) is 10.8 Å². The summed E-state index contributed by atoms with van der Waals surface area (Å²) in [7, 11) is -3.66. The van der Waals surface area contributed by atoms with Crippen molar-refractivity contribution >= 4 is 27.3 Å². The third-order valence-electron chi connectivity index (χ3n) is 5.48. The fraction of sp³-hybridized carbons (Fsp3) is 0.350. The van der Waals surface area contributed by atoms with Crippen LogP contribution in [0, 0.1) is 6.92 Å². The fourth-order valence-corrected chi connectivity index (χ4v) is 5.28. The molecule has 1 aliphatic carbocycles. The minimum absolute atomic E-state index is 0.0471. The van der Waals surface area contributed by atoms with Crippen molar-refractivity contribution < 1.29 is 13.2 Å². The zero-order valence-electron chi connectivity index (χ0n) is 14.7. The molecule has 1 heterocycles. The zero-order valence-corrected chi connectivity index (χ0v) is 15.5. The standard InChI is InChI=1S/C20H22N2O3S/c1-14-6-5-7-16(12-14)26(24,25)22-15-8-9-18-17(13-15)20(19(23)21-18)10-3-2-4-11-20/h5-9,12-13,22H,2-4,10-11H2,1H3,(H,21,23). The van der Waals surface area contributed by atoms with E-state index in [2.05, 4.69) is 10.0 Å². The number of aryl methyl sites for hydroxylation is 1. The van der Waals surface area contributed by atoms with E-state index in [4.69, 9.17) is 0 Å². The molecule has 26 heavy (non-hydrogen) atoms. The zero-order chi connectivity index (χ0) is 18.4. The summed E-state index contributed by atoms with van der Waals surface area (Å²) < 4.78 is 28.0. The second-order valence-electron chi connectivity index (χ2n) is 7.28. The summed E-state index contributed by atoms with van der Waals surface area (Å²) >= 11 is 0. The Bertz CT molecular complexity index is 976. The van der Waals surface area contributed by atoms with E-state index >= 15 is 0 Å². The van der Waals surface area contributed by atoms with Gasteiger partial charge >= 0.3 is 0 Å². The highest BCUT2D eigenvalue weighted by molar-refractivity contribution is 7.92. The summed E-state index contributed by atoms with van der Waals surface area (Å²) in [5.74, 6) is 0.0471. The summed E-state index contributed by atoms with van der Waals surface area (Å²) in [4.78, 5) is 12.8. The van der Waals surface area contributed by atoms with Gasteiger partial charge in [-0.2, -0.15) is 0 Å². The van der Waals surface area contributed by atoms with Crippen molar-refractivity contribution in [2.24, 2.45) is 0 Å². The summed E-state index contributed by atoms with van der Waals surface area (Å²) in [6.45, 7) is 1.86. The van der Waals surface area contributed by atoms with E-state index in [1.165, 1.54) is 0 Å². The van der Waals surface area contributed by atoms with Crippen LogP contribution >= 0.6 is 0 Å². The highest BCUT2D eigenvalue weighted by Gasteiger charge is 2.47. The molecule has 0 unspecified atom stereocenters. The first-order valence-corrected chi connectivity index (χ1v) is 10.4. The number of carbonyl (C=O) groups is 1. The minimum Gasteiger partial charge on any atom is -0.325 e. The maximum atomic E-state index is 12.7. The van der Waals surface area contributed by atoms with Gasteiger partial charge in [-0.25, -0.2) is 8.42 Å². The van der Waals surface area contributed by atoms with Crippen LogP contribution in [0.5, 0.6) is 0 Å². The van der Waals surface area contributed by atoms with Crippen LogP contribution < -0.4 is 10.0 Å². The lowest BCUT2D eigenvalue weighted by Crippen LogP contribution is -2.36. The van der Waals surface area contributed by atoms with Gasteiger partial charge in [0.1, 0.15) is 0 Å². The van der Waals surface area contributed by atoms with E-state index in [1.54, 1.807) is 30.3 Å². The van der Waals surface area contributed by atoms with Crippen LogP contribution in [0.25, 0.3) is 0 Å². The Morgan fingerprint density at radius 3 is 2.54 bits per heavy atom. The average Bonchev–Trinajstić information content (AvgIpc) is 2.87. The molecular formula is C20H22N2O3S. The summed E-state index contributed by atoms with van der Waals surface area (Å²) in [6.07, 6.45) is 4.82. The summed E-state index contributed by atoms with van der Waals surface area (Å²) in [5, 5.41) is 2.97. The molecule has 1 fully saturated rings. The number of fused-ring (bicyclic) bond motifs is 2. The second kappa shape index (κ2) is 6.13. The highest BCUT2D eigenvalue weighted by Crippen LogP contribution is 2.48. The van der Waals surface area contributed by atoms with Gasteiger partial charge < -0.3 is 5.32 Å². The SMILES string of the molecule is Cc1cccc(S(=O)(=O)Nc2ccc3c(c2)C2(CCCCC2)C(=O)N3)c1. The lowest BCUT2D eigenvalue weighted by atomic mass is 9.70. The molecule has 1 spiro atoms. The number of benzene rings is 2. The predicted octanol–water partition coefficient (Wildman–Crippen LogP) is 3.95. The van der Waals surface area contributed by atoms with Crippen molar-refractivity contribution in [1.82, 2.24) is 0 Å². The molecule has 2 aromatic rings. The van der Waals surface area contributed by atoms with Gasteiger partial charge in [-0.05, 0) is 61.2 Å². The number of amides is 1. The Hall–Kier alpha value is -2.34. The number of nitrogens with one attached hydrogen (secondary N) is 2. The van der Waals surface area contributed by atoms with Crippen molar-refractivity contribution in [3.63, 3.8) is 0 Å². The first-order valence-electron chi connectivity index (χ1n) is 8.96. The Morgan fingerprint density at radius 2 is 1.81 bits per heavy atom. The fourth-order valence-electron chi connectivity index (χ4n) is 4.13. The Balaban J connectivity index is 1.69. The smallest absolute Gasteiger partial charge is 0.261 e. The molecule has 6 heteroatoms. The van der Waals surface area contributed by atoms with E-state index in [0.29, 0.717) is 5.69 Å². The lowest BCUT2D eigenvalue weighted by molar-refractivity contribution is -0.121. The largest absolute Gasteiger partial charge is 0.325 e. The van der Waals surface area contributed by atoms with Crippen LogP contribution in [-0.2, 0) is 20.2 Å². The Labute approximate surface area is 153 Å². The number of carbonyl (C=O) groups excluding carboxylic acids is 1. The molecule has 1 saturated carbocycles. The summed E-state index contributed by atoms with van der Waals surface area (Å²) in [6, 6.07) is 12.1. The molecule has 0 saturated heterocycles. The van der Waals surface area contributed by atoms with Crippen LogP contribution in [0.1, 0.15) is 43.2 Å². The van der Waals surface area contributed by atoms with E-state index in [1.807, 2.05) is 19.1 Å². The maximum Gasteiger partial charge on any atom is 0.261 e. The van der Waals surface area contributed by atoms with Gasteiger partial charge in [0.25, 0.3) is 10.0 Å². The molecule has 2 aliphatic rings. The maximum absolute atomic E-state index is 12.7. The van der Waals surface area contributed by atoms with Crippen molar-refractivity contribution in [1.29, 1.82) is 0 Å². The van der Waals surface area contributed by atoms with E-state index in [0.717, 1.165) is 48.9 Å². The van der Waals surface area contributed by atoms with Crippen LogP contribution in [0.3, 0.4) is 0 Å². The first kappa shape index (κ1) is 17.1. The van der Waals surface area contributed by atoms with E-state index < -0.39 is 15.4 Å². The summed E-state index contributed by atoms with van der Waals surface area (Å²) in [5.41, 5.74) is 2.60. The van der Waals surface area contributed by atoms with Crippen LogP contribution in [0.4, 0.5) is 11.4 Å². The van der Waals surface area contributed by atoms with Gasteiger partial charge in [0.2, 0.25) is 5.91 Å². The van der Waals surface area contributed by atoms with Gasteiger partial charge in [0.05, 0.1) is 10.3 Å². The monoisotopic (exact) mass is 370 g/mol. The number of rotatable bonds is 3. The topological polar surface area (TPSA) is 75.3 Å². The number of sulfonamides is 1. The first-order chi connectivity index (χ1) is 12.4. The van der Waals surface area contributed by atoms with Gasteiger partial charge in [0, 0.05) is 11.4 Å². The third kappa shape index (κ3) is 2.78. The quantitative estimate of drug-likeness (QED) is 0.859. The molecular weight excluding hydrogens is 348 g/mol. The molecule has 2 N–H and O–H groups in total. The number of anilines is 2. The normalized spacial score (nSPS) is 18.4. The molecule has 1 amide bonds. The molecule has 0 atom stereocenters. The number of hydrogen-bond acceptors (Lipinski definition) is 3. The van der Waals surface area contributed by atoms with Crippen LogP contribution in [-0.4, -0.2) is 14.3 Å². The average molecular weight is 370 g/mol. The molecule has 5 nitrogen and oxygen atoms in total. The molecule has 0 radical (unpaired) electrons. The van der Waals surface area contributed by atoms with Crippen molar-refractivity contribution in [2.75, 3.05) is 10.0 Å². The molecule has 0 bridgehead atoms. The van der Waals surface area contributed by atoms with Crippen LogP contribution in [0.2, 0.25) is 0 Å². The van der Waals surface area contributed by atoms with Gasteiger partial charge in [-0.3, -0.25) is 9.52 Å². The molecule has 2 aromatic carbocycles.